The van der Waals surface area contributed by atoms with Gasteiger partial charge in [-0.15, -0.1) is 0 Å². The molecule has 0 fully saturated rings. The Labute approximate surface area is 98.1 Å². The highest BCUT2D eigenvalue weighted by Crippen LogP contribution is 2.15. The molecule has 1 amide bonds. The Hall–Kier alpha value is -2.11. The number of rotatable bonds is 1. The number of nitrogens with zero attached hydrogens (tertiary/aromatic N) is 4. The number of carbonyl (C=O) groups is 1. The zero-order valence-corrected chi connectivity index (χ0v) is 10.3. The van der Waals surface area contributed by atoms with Crippen molar-refractivity contribution in [2.75, 3.05) is 14.1 Å². The Morgan fingerprint density at radius 1 is 1.35 bits per heavy atom. The van der Waals surface area contributed by atoms with Crippen molar-refractivity contribution in [2.24, 2.45) is 14.1 Å². The second-order valence-corrected chi connectivity index (χ2v) is 4.19. The number of amides is 1. The lowest BCUT2D eigenvalue weighted by atomic mass is 10.2. The maximum atomic E-state index is 12.0. The smallest absolute Gasteiger partial charge is 0.261 e. The molecule has 0 bridgehead atoms. The van der Waals surface area contributed by atoms with E-state index < -0.39 is 0 Å². The van der Waals surface area contributed by atoms with Crippen molar-refractivity contribution >= 4 is 16.8 Å². The molecule has 0 atom stereocenters. The van der Waals surface area contributed by atoms with Crippen molar-refractivity contribution in [1.29, 1.82) is 0 Å². The lowest BCUT2D eigenvalue weighted by molar-refractivity contribution is 0.0828. The van der Waals surface area contributed by atoms with Crippen molar-refractivity contribution in [2.45, 2.75) is 0 Å². The van der Waals surface area contributed by atoms with Crippen LogP contribution in [0.15, 0.2) is 17.2 Å². The average molecular weight is 234 g/mol. The number of carbonyl (C=O) groups excluding carboxylic acids is 1. The van der Waals surface area contributed by atoms with E-state index in [1.807, 2.05) is 0 Å². The Balaban J connectivity index is 2.88. The van der Waals surface area contributed by atoms with Gasteiger partial charge in [0, 0.05) is 34.4 Å². The van der Waals surface area contributed by atoms with Crippen LogP contribution >= 0.6 is 0 Å². The van der Waals surface area contributed by atoms with Gasteiger partial charge in [0.1, 0.15) is 0 Å². The van der Waals surface area contributed by atoms with Gasteiger partial charge in [0.05, 0.1) is 22.7 Å². The third kappa shape index (κ3) is 1.61. The number of pyridine rings is 1. The maximum Gasteiger partial charge on any atom is 0.261 e. The molecule has 0 aliphatic rings. The van der Waals surface area contributed by atoms with Crippen molar-refractivity contribution in [3.05, 3.63) is 28.3 Å². The van der Waals surface area contributed by atoms with Crippen molar-refractivity contribution < 1.29 is 4.79 Å². The molecular formula is C11H14N4O2. The predicted molar refractivity (Wildman–Crippen MR) is 64.0 cm³/mol. The van der Waals surface area contributed by atoms with Crippen LogP contribution in [0.5, 0.6) is 0 Å². The zero-order chi connectivity index (χ0) is 12.7. The summed E-state index contributed by atoms with van der Waals surface area (Å²) in [6, 6.07) is 0. The molecule has 2 aromatic rings. The predicted octanol–water partition coefficient (Wildman–Crippen LogP) is -0.0262. The van der Waals surface area contributed by atoms with Crippen LogP contribution in [0, 0.1) is 0 Å². The van der Waals surface area contributed by atoms with Gasteiger partial charge in [0.2, 0.25) is 0 Å². The quantitative estimate of drug-likeness (QED) is 0.696. The topological polar surface area (TPSA) is 60.1 Å². The molecule has 0 spiro atoms. The molecule has 0 N–H and O–H groups in total. The first-order valence-corrected chi connectivity index (χ1v) is 5.16. The van der Waals surface area contributed by atoms with Gasteiger partial charge in [-0.25, -0.2) is 0 Å². The van der Waals surface area contributed by atoms with Gasteiger partial charge in [-0.2, -0.15) is 5.10 Å². The molecule has 2 heterocycles. The summed E-state index contributed by atoms with van der Waals surface area (Å²) in [4.78, 5) is 25.4. The van der Waals surface area contributed by atoms with Gasteiger partial charge in [-0.05, 0) is 0 Å². The number of aryl methyl sites for hydroxylation is 2. The normalized spacial score (nSPS) is 10.8. The number of hydrogen-bond acceptors (Lipinski definition) is 3. The molecule has 2 rings (SSSR count). The van der Waals surface area contributed by atoms with E-state index in [0.717, 1.165) is 0 Å². The summed E-state index contributed by atoms with van der Waals surface area (Å²) in [5.74, 6) is -0.144. The van der Waals surface area contributed by atoms with Crippen LogP contribution in [0.4, 0.5) is 0 Å². The Morgan fingerprint density at radius 3 is 2.59 bits per heavy atom. The van der Waals surface area contributed by atoms with Gasteiger partial charge in [0.25, 0.3) is 11.5 Å². The maximum absolute atomic E-state index is 12.0. The molecule has 0 aliphatic heterocycles. The van der Waals surface area contributed by atoms with Gasteiger partial charge >= 0.3 is 0 Å². The monoisotopic (exact) mass is 234 g/mol. The first kappa shape index (κ1) is 11.4. The van der Waals surface area contributed by atoms with E-state index >= 15 is 0 Å². The highest BCUT2D eigenvalue weighted by Gasteiger charge is 2.18. The van der Waals surface area contributed by atoms with Crippen LogP contribution in [-0.4, -0.2) is 39.3 Å². The second kappa shape index (κ2) is 3.73. The SMILES string of the molecule is CN(C)C(=O)c1cn(C)c(=O)c2cnn(C)c12. The van der Waals surface area contributed by atoms with E-state index in [4.69, 9.17) is 0 Å². The minimum absolute atomic E-state index is 0.144. The van der Waals surface area contributed by atoms with E-state index in [0.29, 0.717) is 16.5 Å². The minimum atomic E-state index is -0.150. The third-order valence-corrected chi connectivity index (χ3v) is 2.70. The van der Waals surface area contributed by atoms with Crippen molar-refractivity contribution in [1.82, 2.24) is 19.2 Å². The largest absolute Gasteiger partial charge is 0.345 e. The molecule has 6 nitrogen and oxygen atoms in total. The summed E-state index contributed by atoms with van der Waals surface area (Å²) in [5, 5.41) is 4.49. The minimum Gasteiger partial charge on any atom is -0.345 e. The average Bonchev–Trinajstić information content (AvgIpc) is 2.65. The van der Waals surface area contributed by atoms with E-state index in [1.54, 1.807) is 39.1 Å². The Morgan fingerprint density at radius 2 is 2.00 bits per heavy atom. The number of hydrogen-bond donors (Lipinski definition) is 0. The van der Waals surface area contributed by atoms with Crippen molar-refractivity contribution in [3.8, 4) is 0 Å². The Bertz CT molecular complexity index is 651. The van der Waals surface area contributed by atoms with E-state index in [1.165, 1.54) is 15.7 Å². The molecule has 0 radical (unpaired) electrons. The summed E-state index contributed by atoms with van der Waals surface area (Å²) in [7, 11) is 6.70. The highest BCUT2D eigenvalue weighted by molar-refractivity contribution is 6.04. The first-order chi connectivity index (χ1) is 7.93. The lowest BCUT2D eigenvalue weighted by Gasteiger charge is -2.12. The van der Waals surface area contributed by atoms with Crippen LogP contribution < -0.4 is 5.56 Å². The summed E-state index contributed by atoms with van der Waals surface area (Å²) in [6.07, 6.45) is 3.04. The van der Waals surface area contributed by atoms with Crippen LogP contribution in [0.25, 0.3) is 10.9 Å². The summed E-state index contributed by atoms with van der Waals surface area (Å²) in [5.41, 5.74) is 0.905. The van der Waals surface area contributed by atoms with Gasteiger partial charge in [-0.1, -0.05) is 0 Å². The molecule has 0 unspecified atom stereocenters. The third-order valence-electron chi connectivity index (χ3n) is 2.70. The summed E-state index contributed by atoms with van der Waals surface area (Å²) in [6.45, 7) is 0. The molecule has 0 saturated carbocycles. The molecule has 6 heteroatoms. The van der Waals surface area contributed by atoms with Gasteiger partial charge in [0.15, 0.2) is 0 Å². The summed E-state index contributed by atoms with van der Waals surface area (Å²) < 4.78 is 2.95. The summed E-state index contributed by atoms with van der Waals surface area (Å²) >= 11 is 0. The highest BCUT2D eigenvalue weighted by atomic mass is 16.2. The molecule has 17 heavy (non-hydrogen) atoms. The first-order valence-electron chi connectivity index (χ1n) is 5.16. The molecule has 90 valence electrons. The fourth-order valence-electron chi connectivity index (χ4n) is 1.81. The Kier molecular flexibility index (Phi) is 2.49. The molecule has 0 aliphatic carbocycles. The fourth-order valence-corrected chi connectivity index (χ4v) is 1.81. The number of aromatic nitrogens is 3. The van der Waals surface area contributed by atoms with Crippen molar-refractivity contribution in [3.63, 3.8) is 0 Å². The second-order valence-electron chi connectivity index (χ2n) is 4.19. The van der Waals surface area contributed by atoms with Crippen LogP contribution in [0.2, 0.25) is 0 Å². The zero-order valence-electron chi connectivity index (χ0n) is 10.3. The fraction of sp³-hybridized carbons (Fsp3) is 0.364. The standard InChI is InChI=1S/C11H14N4O2/c1-13(2)10(16)8-6-14(3)11(17)7-5-12-15(4)9(7)8/h5-6H,1-4H3. The molecular weight excluding hydrogens is 220 g/mol. The van der Waals surface area contributed by atoms with Crippen LogP contribution in [0.3, 0.4) is 0 Å². The molecule has 2 aromatic heterocycles. The van der Waals surface area contributed by atoms with Gasteiger partial charge in [-0.3, -0.25) is 14.3 Å². The van der Waals surface area contributed by atoms with E-state index in [9.17, 15) is 9.59 Å². The van der Waals surface area contributed by atoms with E-state index in [2.05, 4.69) is 5.10 Å². The van der Waals surface area contributed by atoms with E-state index in [-0.39, 0.29) is 11.5 Å². The molecule has 0 aromatic carbocycles. The lowest BCUT2D eigenvalue weighted by Crippen LogP contribution is -2.26. The van der Waals surface area contributed by atoms with Crippen LogP contribution in [0.1, 0.15) is 10.4 Å². The number of fused-ring (bicyclic) bond motifs is 1. The van der Waals surface area contributed by atoms with Gasteiger partial charge < -0.3 is 9.47 Å². The van der Waals surface area contributed by atoms with Crippen LogP contribution in [-0.2, 0) is 14.1 Å². The molecule has 0 saturated heterocycles.